The molecule has 1 aliphatic carbocycles. The molecule has 3 unspecified atom stereocenters. The van der Waals surface area contributed by atoms with Crippen LogP contribution in [0.1, 0.15) is 77.5 Å². The highest BCUT2D eigenvalue weighted by Crippen LogP contribution is 2.39. The second-order valence-corrected chi connectivity index (χ2v) is 10.3. The van der Waals surface area contributed by atoms with Gasteiger partial charge in [-0.05, 0) is 59.4 Å². The molecule has 0 bridgehead atoms. The fraction of sp³-hybridized carbons (Fsp3) is 0.640. The van der Waals surface area contributed by atoms with Gasteiger partial charge in [-0.15, -0.1) is 0 Å². The molecule has 8 nitrogen and oxygen atoms in total. The Kier molecular flexibility index (Phi) is 9.67. The van der Waals surface area contributed by atoms with Gasteiger partial charge in [-0.2, -0.15) is 12.6 Å². The van der Waals surface area contributed by atoms with Crippen molar-refractivity contribution in [2.45, 2.75) is 97.0 Å². The van der Waals surface area contributed by atoms with Gasteiger partial charge in [0, 0.05) is 23.4 Å². The quantitative estimate of drug-likeness (QED) is 0.370. The van der Waals surface area contributed by atoms with E-state index in [0.29, 0.717) is 11.1 Å². The van der Waals surface area contributed by atoms with E-state index in [-0.39, 0.29) is 29.5 Å². The number of phenolic OH excluding ortho intramolecular Hbond substituents is 1. The minimum Gasteiger partial charge on any atom is -0.507 e. The van der Waals surface area contributed by atoms with Crippen molar-refractivity contribution >= 4 is 30.5 Å². The maximum absolute atomic E-state index is 13.7. The number of hydrogen-bond acceptors (Lipinski definition) is 6. The van der Waals surface area contributed by atoms with Gasteiger partial charge in [0.15, 0.2) is 0 Å². The summed E-state index contributed by atoms with van der Waals surface area (Å²) in [6.07, 6.45) is 2.42. The normalized spacial score (nSPS) is 16.2. The predicted octanol–water partition coefficient (Wildman–Crippen LogP) is 3.86. The molecule has 0 aliphatic heterocycles. The van der Waals surface area contributed by atoms with E-state index in [1.165, 1.54) is 4.90 Å². The third kappa shape index (κ3) is 7.55. The maximum Gasteiger partial charge on any atom is 0.408 e. The zero-order valence-electron chi connectivity index (χ0n) is 21.1. The summed E-state index contributed by atoms with van der Waals surface area (Å²) >= 11 is 4.28. The topological polar surface area (TPSA) is 108 Å². The fourth-order valence-electron chi connectivity index (χ4n) is 3.83. The van der Waals surface area contributed by atoms with Crippen molar-refractivity contribution in [3.8, 4) is 5.75 Å². The van der Waals surface area contributed by atoms with Crippen LogP contribution in [0.4, 0.5) is 4.79 Å². The number of aryl methyl sites for hydroxylation is 1. The molecule has 0 spiro atoms. The monoisotopic (exact) mass is 493 g/mol. The van der Waals surface area contributed by atoms with Crippen LogP contribution in [0.5, 0.6) is 5.75 Å². The van der Waals surface area contributed by atoms with E-state index in [1.54, 1.807) is 45.9 Å². The average molecular weight is 494 g/mol. The average Bonchev–Trinajstić information content (AvgIpc) is 3.56. The zero-order valence-corrected chi connectivity index (χ0v) is 21.9. The Balaban J connectivity index is 2.43. The van der Waals surface area contributed by atoms with Crippen LogP contribution in [0.15, 0.2) is 18.2 Å². The molecule has 1 aromatic carbocycles. The van der Waals surface area contributed by atoms with Crippen LogP contribution in [0, 0.1) is 6.92 Å². The molecule has 190 valence electrons. The largest absolute Gasteiger partial charge is 0.507 e. The van der Waals surface area contributed by atoms with Crippen molar-refractivity contribution in [3.05, 3.63) is 29.3 Å². The zero-order chi connectivity index (χ0) is 25.6. The number of hydrogen-bond donors (Lipinski definition) is 4. The van der Waals surface area contributed by atoms with E-state index in [1.807, 2.05) is 13.8 Å². The van der Waals surface area contributed by atoms with E-state index >= 15 is 0 Å². The van der Waals surface area contributed by atoms with Crippen LogP contribution in [0.25, 0.3) is 0 Å². The Morgan fingerprint density at radius 3 is 2.41 bits per heavy atom. The molecule has 1 fully saturated rings. The van der Waals surface area contributed by atoms with Crippen molar-refractivity contribution in [1.29, 1.82) is 0 Å². The molecule has 0 radical (unpaired) electrons. The number of thiol groups is 1. The first-order valence-corrected chi connectivity index (χ1v) is 12.5. The van der Waals surface area contributed by atoms with Crippen molar-refractivity contribution < 1.29 is 24.2 Å². The second kappa shape index (κ2) is 11.8. The number of phenols is 1. The number of benzene rings is 1. The molecule has 1 aromatic rings. The lowest BCUT2D eigenvalue weighted by Crippen LogP contribution is -2.55. The molecule has 34 heavy (non-hydrogen) atoms. The van der Waals surface area contributed by atoms with Gasteiger partial charge in [0.05, 0.1) is 0 Å². The highest BCUT2D eigenvalue weighted by molar-refractivity contribution is 7.80. The number of amides is 3. The lowest BCUT2D eigenvalue weighted by Gasteiger charge is -2.35. The van der Waals surface area contributed by atoms with E-state index in [4.69, 9.17) is 4.74 Å². The van der Waals surface area contributed by atoms with Crippen molar-refractivity contribution in [1.82, 2.24) is 15.5 Å². The van der Waals surface area contributed by atoms with Crippen LogP contribution < -0.4 is 10.6 Å². The molecule has 3 N–H and O–H groups in total. The van der Waals surface area contributed by atoms with Gasteiger partial charge in [0.1, 0.15) is 23.4 Å². The van der Waals surface area contributed by atoms with Crippen LogP contribution in [-0.2, 0) is 14.3 Å². The van der Waals surface area contributed by atoms with Crippen molar-refractivity contribution in [2.75, 3.05) is 5.75 Å². The molecule has 0 heterocycles. The Morgan fingerprint density at radius 1 is 1.24 bits per heavy atom. The summed E-state index contributed by atoms with van der Waals surface area (Å²) in [5.74, 6) is -0.793. The summed E-state index contributed by atoms with van der Waals surface area (Å²) in [7, 11) is 0. The minimum absolute atomic E-state index is 0.0215. The molecule has 9 heteroatoms. The fourth-order valence-corrected chi connectivity index (χ4v) is 4.08. The number of para-hydroxylation sites is 1. The van der Waals surface area contributed by atoms with Crippen LogP contribution in [0.3, 0.4) is 0 Å². The number of carbonyl (C=O) groups is 3. The molecule has 3 amide bonds. The number of aromatic hydroxyl groups is 1. The number of ether oxygens (including phenoxy) is 1. The van der Waals surface area contributed by atoms with Crippen LogP contribution in [-0.4, -0.2) is 57.4 Å². The second-order valence-electron chi connectivity index (χ2n) is 9.97. The molecule has 1 aliphatic rings. The third-order valence-electron chi connectivity index (χ3n) is 5.57. The molecular weight excluding hydrogens is 454 g/mol. The van der Waals surface area contributed by atoms with E-state index in [2.05, 4.69) is 23.3 Å². The summed E-state index contributed by atoms with van der Waals surface area (Å²) in [5, 5.41) is 16.4. The Labute approximate surface area is 208 Å². The summed E-state index contributed by atoms with van der Waals surface area (Å²) in [6.45, 7) is 10.9. The Bertz CT molecular complexity index is 882. The van der Waals surface area contributed by atoms with Gasteiger partial charge in [0.25, 0.3) is 0 Å². The Morgan fingerprint density at radius 2 is 1.88 bits per heavy atom. The van der Waals surface area contributed by atoms with Gasteiger partial charge >= 0.3 is 6.09 Å². The smallest absolute Gasteiger partial charge is 0.408 e. The first-order valence-electron chi connectivity index (χ1n) is 11.9. The highest BCUT2D eigenvalue weighted by Gasteiger charge is 2.44. The number of rotatable bonds is 10. The standard InChI is InChI=1S/C25H39N3O5S/c1-7-9-16(3)26-22(30)20(18-11-8-10-15(2)21(18)29)28(17-12-13-17)23(31)19(14-34)27-24(32)33-25(4,5)6/h8,10-11,16-17,19-20,29,34H,7,9,12-14H2,1-6H3,(H,26,30)(H,27,32). The predicted molar refractivity (Wildman–Crippen MR) is 135 cm³/mol. The lowest BCUT2D eigenvalue weighted by molar-refractivity contribution is -0.143. The molecule has 0 saturated heterocycles. The first kappa shape index (κ1) is 27.8. The lowest BCUT2D eigenvalue weighted by atomic mass is 9.98. The van der Waals surface area contributed by atoms with Crippen LogP contribution in [0.2, 0.25) is 0 Å². The summed E-state index contributed by atoms with van der Waals surface area (Å²) < 4.78 is 5.31. The van der Waals surface area contributed by atoms with Gasteiger partial charge in [0.2, 0.25) is 11.8 Å². The number of alkyl carbamates (subject to hydrolysis) is 1. The van der Waals surface area contributed by atoms with E-state index < -0.39 is 29.7 Å². The SMILES string of the molecule is CCCC(C)NC(=O)C(c1cccc(C)c1O)N(C(=O)C(CS)NC(=O)OC(C)(C)C)C1CC1. The summed E-state index contributed by atoms with van der Waals surface area (Å²) in [4.78, 5) is 41.1. The molecule has 2 rings (SSSR count). The van der Waals surface area contributed by atoms with Gasteiger partial charge in [-0.25, -0.2) is 4.79 Å². The first-order chi connectivity index (χ1) is 15.9. The molecule has 3 atom stereocenters. The minimum atomic E-state index is -1.04. The number of nitrogens with zero attached hydrogens (tertiary/aromatic N) is 1. The Hall–Kier alpha value is -2.42. The van der Waals surface area contributed by atoms with Gasteiger partial charge in [-0.1, -0.05) is 31.5 Å². The van der Waals surface area contributed by atoms with Crippen molar-refractivity contribution in [3.63, 3.8) is 0 Å². The van der Waals surface area contributed by atoms with Crippen molar-refractivity contribution in [2.24, 2.45) is 0 Å². The van der Waals surface area contributed by atoms with Gasteiger partial charge < -0.3 is 25.4 Å². The maximum atomic E-state index is 13.7. The highest BCUT2D eigenvalue weighted by atomic mass is 32.1. The van der Waals surface area contributed by atoms with Gasteiger partial charge in [-0.3, -0.25) is 9.59 Å². The summed E-state index contributed by atoms with van der Waals surface area (Å²) in [5.41, 5.74) is 0.240. The number of carbonyl (C=O) groups excluding carboxylic acids is 3. The summed E-state index contributed by atoms with van der Waals surface area (Å²) in [6, 6.07) is 2.87. The molecule has 0 aromatic heterocycles. The van der Waals surface area contributed by atoms with E-state index in [9.17, 15) is 19.5 Å². The third-order valence-corrected chi connectivity index (χ3v) is 5.93. The van der Waals surface area contributed by atoms with Crippen LogP contribution >= 0.6 is 12.6 Å². The number of nitrogens with one attached hydrogen (secondary N) is 2. The molecular formula is C25H39N3O5S. The van der Waals surface area contributed by atoms with E-state index in [0.717, 1.165) is 25.7 Å². The molecule has 1 saturated carbocycles.